The number of para-hydroxylation sites is 1. The van der Waals surface area contributed by atoms with Gasteiger partial charge in [-0.15, -0.1) is 0 Å². The van der Waals surface area contributed by atoms with E-state index in [0.29, 0.717) is 30.2 Å². The van der Waals surface area contributed by atoms with Crippen LogP contribution in [0.2, 0.25) is 0 Å². The molecule has 0 aliphatic carbocycles. The molecular formula is C17H18N6O. The summed E-state index contributed by atoms with van der Waals surface area (Å²) in [6.45, 7) is 4.46. The van der Waals surface area contributed by atoms with Gasteiger partial charge in [0.2, 0.25) is 5.91 Å². The highest BCUT2D eigenvalue weighted by Gasteiger charge is 2.19. The van der Waals surface area contributed by atoms with Gasteiger partial charge in [0.1, 0.15) is 24.0 Å². The van der Waals surface area contributed by atoms with E-state index >= 15 is 0 Å². The van der Waals surface area contributed by atoms with Crippen LogP contribution in [0.25, 0.3) is 0 Å². The Labute approximate surface area is 140 Å². The summed E-state index contributed by atoms with van der Waals surface area (Å²) in [5, 5.41) is 12.3. The van der Waals surface area contributed by atoms with Crippen LogP contribution in [0.3, 0.4) is 0 Å². The summed E-state index contributed by atoms with van der Waals surface area (Å²) < 4.78 is 0. The molecule has 7 nitrogen and oxygen atoms in total. The van der Waals surface area contributed by atoms with Gasteiger partial charge in [-0.3, -0.25) is 4.79 Å². The molecule has 0 unspecified atom stereocenters. The maximum absolute atomic E-state index is 11.4. The minimum absolute atomic E-state index is 0.104. The van der Waals surface area contributed by atoms with Gasteiger partial charge in [-0.05, 0) is 12.1 Å². The SMILES string of the molecule is CC(=O)N1CCN(c2cc(Nc3ccccc3C#N)ncn2)CC1. The van der Waals surface area contributed by atoms with Crippen molar-refractivity contribution in [2.45, 2.75) is 6.92 Å². The summed E-state index contributed by atoms with van der Waals surface area (Å²) in [7, 11) is 0. The standard InChI is InChI=1S/C17H18N6O/c1-13(24)22-6-8-23(9-7-22)17-10-16(19-12-20-17)21-15-5-3-2-4-14(15)11-18/h2-5,10,12H,6-9H2,1H3,(H,19,20,21). The highest BCUT2D eigenvalue weighted by molar-refractivity contribution is 5.73. The Morgan fingerprint density at radius 2 is 1.96 bits per heavy atom. The molecule has 2 heterocycles. The number of carbonyl (C=O) groups excluding carboxylic acids is 1. The predicted octanol–water partition coefficient (Wildman–Crippen LogP) is 1.76. The fourth-order valence-corrected chi connectivity index (χ4v) is 2.67. The normalized spacial score (nSPS) is 14.2. The third-order valence-electron chi connectivity index (χ3n) is 4.01. The Hall–Kier alpha value is -3.14. The Kier molecular flexibility index (Phi) is 4.57. The van der Waals surface area contributed by atoms with Gasteiger partial charge in [0.15, 0.2) is 0 Å². The number of nitrogens with one attached hydrogen (secondary N) is 1. The predicted molar refractivity (Wildman–Crippen MR) is 90.9 cm³/mol. The molecule has 1 N–H and O–H groups in total. The number of amides is 1. The molecule has 7 heteroatoms. The van der Waals surface area contributed by atoms with Crippen LogP contribution in [0.15, 0.2) is 36.7 Å². The third-order valence-corrected chi connectivity index (χ3v) is 4.01. The van der Waals surface area contributed by atoms with Crippen LogP contribution < -0.4 is 10.2 Å². The van der Waals surface area contributed by atoms with Crippen molar-refractivity contribution < 1.29 is 4.79 Å². The average Bonchev–Trinajstić information content (AvgIpc) is 2.62. The number of anilines is 3. The number of benzene rings is 1. The molecule has 2 aromatic rings. The van der Waals surface area contributed by atoms with E-state index in [1.54, 1.807) is 13.0 Å². The van der Waals surface area contributed by atoms with Gasteiger partial charge in [0.05, 0.1) is 11.3 Å². The van der Waals surface area contributed by atoms with E-state index in [1.807, 2.05) is 29.2 Å². The van der Waals surface area contributed by atoms with E-state index < -0.39 is 0 Å². The highest BCUT2D eigenvalue weighted by atomic mass is 16.2. The Bertz CT molecular complexity index is 777. The summed E-state index contributed by atoms with van der Waals surface area (Å²) in [6.07, 6.45) is 1.50. The second-order valence-corrected chi connectivity index (χ2v) is 5.54. The van der Waals surface area contributed by atoms with E-state index in [1.165, 1.54) is 6.33 Å². The van der Waals surface area contributed by atoms with E-state index in [4.69, 9.17) is 5.26 Å². The lowest BCUT2D eigenvalue weighted by Crippen LogP contribution is -2.48. The molecule has 0 saturated carbocycles. The molecule has 1 aromatic heterocycles. The maximum atomic E-state index is 11.4. The van der Waals surface area contributed by atoms with Gasteiger partial charge in [-0.1, -0.05) is 12.1 Å². The van der Waals surface area contributed by atoms with Gasteiger partial charge in [0.25, 0.3) is 0 Å². The number of nitrogens with zero attached hydrogens (tertiary/aromatic N) is 5. The number of carbonyl (C=O) groups is 1. The van der Waals surface area contributed by atoms with Gasteiger partial charge >= 0.3 is 0 Å². The molecule has 0 radical (unpaired) electrons. The first-order chi connectivity index (χ1) is 11.7. The largest absolute Gasteiger partial charge is 0.353 e. The Balaban J connectivity index is 1.73. The molecule has 1 amide bonds. The molecule has 1 aromatic carbocycles. The molecule has 1 saturated heterocycles. The number of aromatic nitrogens is 2. The third kappa shape index (κ3) is 3.43. The first-order valence-corrected chi connectivity index (χ1v) is 7.76. The Morgan fingerprint density at radius 1 is 1.21 bits per heavy atom. The highest BCUT2D eigenvalue weighted by Crippen LogP contribution is 2.21. The number of hydrogen-bond donors (Lipinski definition) is 1. The lowest BCUT2D eigenvalue weighted by atomic mass is 10.2. The van der Waals surface area contributed by atoms with Gasteiger partial charge in [0, 0.05) is 39.2 Å². The second kappa shape index (κ2) is 6.96. The van der Waals surface area contributed by atoms with Crippen LogP contribution in [0.1, 0.15) is 12.5 Å². The summed E-state index contributed by atoms with van der Waals surface area (Å²) in [5.41, 5.74) is 1.28. The monoisotopic (exact) mass is 322 g/mol. The molecule has 122 valence electrons. The number of hydrogen-bond acceptors (Lipinski definition) is 6. The minimum Gasteiger partial charge on any atom is -0.353 e. The van der Waals surface area contributed by atoms with E-state index in [-0.39, 0.29) is 5.91 Å². The van der Waals surface area contributed by atoms with Crippen LogP contribution in [-0.2, 0) is 4.79 Å². The molecule has 0 spiro atoms. The molecular weight excluding hydrogens is 304 g/mol. The number of rotatable bonds is 3. The number of piperazine rings is 1. The van der Waals surface area contributed by atoms with Crippen molar-refractivity contribution in [2.24, 2.45) is 0 Å². The summed E-state index contributed by atoms with van der Waals surface area (Å²) in [4.78, 5) is 23.9. The van der Waals surface area contributed by atoms with Crippen LogP contribution in [-0.4, -0.2) is 47.0 Å². The van der Waals surface area contributed by atoms with Crippen LogP contribution in [0.4, 0.5) is 17.3 Å². The lowest BCUT2D eigenvalue weighted by molar-refractivity contribution is -0.129. The second-order valence-electron chi connectivity index (χ2n) is 5.54. The minimum atomic E-state index is 0.104. The van der Waals surface area contributed by atoms with Crippen molar-refractivity contribution in [1.29, 1.82) is 5.26 Å². The molecule has 0 bridgehead atoms. The molecule has 1 aliphatic rings. The van der Waals surface area contributed by atoms with Crippen molar-refractivity contribution in [3.05, 3.63) is 42.2 Å². The first-order valence-electron chi connectivity index (χ1n) is 7.76. The van der Waals surface area contributed by atoms with E-state index in [2.05, 4.69) is 26.3 Å². The van der Waals surface area contributed by atoms with Gasteiger partial charge < -0.3 is 15.1 Å². The fourth-order valence-electron chi connectivity index (χ4n) is 2.67. The van der Waals surface area contributed by atoms with Crippen LogP contribution in [0.5, 0.6) is 0 Å². The first kappa shape index (κ1) is 15.7. The smallest absolute Gasteiger partial charge is 0.219 e. The van der Waals surface area contributed by atoms with Crippen LogP contribution in [0, 0.1) is 11.3 Å². The number of nitriles is 1. The Morgan fingerprint density at radius 3 is 2.67 bits per heavy atom. The molecule has 0 atom stereocenters. The van der Waals surface area contributed by atoms with Crippen molar-refractivity contribution in [2.75, 3.05) is 36.4 Å². The average molecular weight is 322 g/mol. The zero-order valence-corrected chi connectivity index (χ0v) is 13.4. The van der Waals surface area contributed by atoms with E-state index in [9.17, 15) is 4.79 Å². The maximum Gasteiger partial charge on any atom is 0.219 e. The summed E-state index contributed by atoms with van der Waals surface area (Å²) >= 11 is 0. The molecule has 1 aliphatic heterocycles. The lowest BCUT2D eigenvalue weighted by Gasteiger charge is -2.34. The summed E-state index contributed by atoms with van der Waals surface area (Å²) in [6, 6.07) is 11.3. The fraction of sp³-hybridized carbons (Fsp3) is 0.294. The van der Waals surface area contributed by atoms with E-state index in [0.717, 1.165) is 18.9 Å². The van der Waals surface area contributed by atoms with Crippen molar-refractivity contribution in [3.63, 3.8) is 0 Å². The zero-order chi connectivity index (χ0) is 16.9. The van der Waals surface area contributed by atoms with Gasteiger partial charge in [-0.25, -0.2) is 9.97 Å². The van der Waals surface area contributed by atoms with Gasteiger partial charge in [-0.2, -0.15) is 5.26 Å². The van der Waals surface area contributed by atoms with Crippen molar-refractivity contribution >= 4 is 23.2 Å². The molecule has 3 rings (SSSR count). The van der Waals surface area contributed by atoms with Crippen molar-refractivity contribution in [1.82, 2.24) is 14.9 Å². The summed E-state index contributed by atoms with van der Waals surface area (Å²) in [5.74, 6) is 1.55. The molecule has 1 fully saturated rings. The molecule has 24 heavy (non-hydrogen) atoms. The topological polar surface area (TPSA) is 85.2 Å². The van der Waals surface area contributed by atoms with Crippen LogP contribution >= 0.6 is 0 Å². The quantitative estimate of drug-likeness (QED) is 0.927. The zero-order valence-electron chi connectivity index (χ0n) is 13.4. The van der Waals surface area contributed by atoms with Crippen molar-refractivity contribution in [3.8, 4) is 6.07 Å².